The number of benzene rings is 1. The minimum absolute atomic E-state index is 0.148. The highest BCUT2D eigenvalue weighted by Crippen LogP contribution is 2.24. The Morgan fingerprint density at radius 1 is 1.41 bits per heavy atom. The molecule has 0 saturated heterocycles. The van der Waals surface area contributed by atoms with Crippen molar-refractivity contribution in [2.75, 3.05) is 11.4 Å². The first-order valence-electron chi connectivity index (χ1n) is 5.90. The molecule has 0 saturated carbocycles. The predicted molar refractivity (Wildman–Crippen MR) is 71.7 cm³/mol. The van der Waals surface area contributed by atoms with E-state index < -0.39 is 0 Å². The zero-order valence-corrected chi connectivity index (χ0v) is 10.8. The second kappa shape index (κ2) is 5.82. The van der Waals surface area contributed by atoms with Crippen LogP contribution in [-0.2, 0) is 0 Å². The van der Waals surface area contributed by atoms with Gasteiger partial charge in [-0.25, -0.2) is 4.39 Å². The third kappa shape index (κ3) is 3.30. The molecule has 0 spiro atoms. The lowest BCUT2D eigenvalue weighted by Gasteiger charge is -2.28. The van der Waals surface area contributed by atoms with E-state index >= 15 is 0 Å². The molecule has 1 atom stereocenters. The minimum Gasteiger partial charge on any atom is -0.363 e. The molecule has 0 heterocycles. The highest BCUT2D eigenvalue weighted by molar-refractivity contribution is 5.50. The van der Waals surface area contributed by atoms with E-state index in [1.807, 2.05) is 31.7 Å². The van der Waals surface area contributed by atoms with Gasteiger partial charge in [0.25, 0.3) is 0 Å². The van der Waals surface area contributed by atoms with Crippen LogP contribution in [0, 0.1) is 5.82 Å². The van der Waals surface area contributed by atoms with E-state index in [2.05, 4.69) is 6.58 Å². The van der Waals surface area contributed by atoms with Crippen molar-refractivity contribution in [1.82, 2.24) is 0 Å². The first-order chi connectivity index (χ1) is 7.97. The van der Waals surface area contributed by atoms with Gasteiger partial charge < -0.3 is 10.6 Å². The number of hydrogen-bond acceptors (Lipinski definition) is 2. The Balaban J connectivity index is 3.08. The number of nitrogens with zero attached hydrogens (tertiary/aromatic N) is 1. The van der Waals surface area contributed by atoms with Gasteiger partial charge in [-0.05, 0) is 38.5 Å². The monoisotopic (exact) mass is 236 g/mol. The molecule has 0 unspecified atom stereocenters. The molecular weight excluding hydrogens is 215 g/mol. The molecule has 1 aromatic carbocycles. The van der Waals surface area contributed by atoms with E-state index in [9.17, 15) is 4.39 Å². The summed E-state index contributed by atoms with van der Waals surface area (Å²) in [6, 6.07) is 5.26. The van der Waals surface area contributed by atoms with Crippen molar-refractivity contribution in [3.8, 4) is 0 Å². The Morgan fingerprint density at radius 3 is 2.47 bits per heavy atom. The molecular formula is C14H21FN2. The Labute approximate surface area is 103 Å². The van der Waals surface area contributed by atoms with Gasteiger partial charge in [-0.15, -0.1) is 6.58 Å². The molecule has 0 amide bonds. The molecule has 1 rings (SSSR count). The SMILES string of the molecule is C=CCN(c1ccc([C@@H](C)N)cc1F)C(C)C. The predicted octanol–water partition coefficient (Wildman–Crippen LogP) is 3.25. The van der Waals surface area contributed by atoms with Gasteiger partial charge in [-0.1, -0.05) is 12.1 Å². The topological polar surface area (TPSA) is 29.3 Å². The molecule has 0 aliphatic carbocycles. The Hall–Kier alpha value is -1.35. The molecule has 2 N–H and O–H groups in total. The summed E-state index contributed by atoms with van der Waals surface area (Å²) in [4.78, 5) is 1.97. The van der Waals surface area contributed by atoms with Crippen molar-refractivity contribution in [1.29, 1.82) is 0 Å². The normalized spacial score (nSPS) is 12.6. The fourth-order valence-corrected chi connectivity index (χ4v) is 1.77. The molecule has 3 heteroatoms. The second-order valence-corrected chi connectivity index (χ2v) is 4.53. The van der Waals surface area contributed by atoms with Crippen LogP contribution < -0.4 is 10.6 Å². The van der Waals surface area contributed by atoms with Gasteiger partial charge >= 0.3 is 0 Å². The molecule has 2 nitrogen and oxygen atoms in total. The Kier molecular flexibility index (Phi) is 4.70. The minimum atomic E-state index is -0.227. The summed E-state index contributed by atoms with van der Waals surface area (Å²) in [5, 5.41) is 0. The summed E-state index contributed by atoms with van der Waals surface area (Å²) in [5.74, 6) is -0.227. The van der Waals surface area contributed by atoms with Gasteiger partial charge in [0.15, 0.2) is 0 Å². The van der Waals surface area contributed by atoms with Crippen molar-refractivity contribution >= 4 is 5.69 Å². The molecule has 94 valence electrons. The van der Waals surface area contributed by atoms with E-state index in [-0.39, 0.29) is 17.9 Å². The fourth-order valence-electron chi connectivity index (χ4n) is 1.77. The fraction of sp³-hybridized carbons (Fsp3) is 0.429. The molecule has 0 aromatic heterocycles. The van der Waals surface area contributed by atoms with Gasteiger partial charge in [-0.2, -0.15) is 0 Å². The number of nitrogens with two attached hydrogens (primary N) is 1. The summed E-state index contributed by atoms with van der Waals surface area (Å²) >= 11 is 0. The Bertz CT molecular complexity index is 386. The lowest BCUT2D eigenvalue weighted by molar-refractivity contribution is 0.604. The maximum atomic E-state index is 14.0. The van der Waals surface area contributed by atoms with E-state index in [1.54, 1.807) is 12.1 Å². The summed E-state index contributed by atoms with van der Waals surface area (Å²) in [6.07, 6.45) is 1.78. The van der Waals surface area contributed by atoms with Crippen molar-refractivity contribution in [3.05, 3.63) is 42.2 Å². The quantitative estimate of drug-likeness (QED) is 0.795. The summed E-state index contributed by atoms with van der Waals surface area (Å²) in [6.45, 7) is 10.2. The third-order valence-corrected chi connectivity index (χ3v) is 2.76. The molecule has 1 aromatic rings. The summed E-state index contributed by atoms with van der Waals surface area (Å²) < 4.78 is 14.0. The first-order valence-corrected chi connectivity index (χ1v) is 5.90. The van der Waals surface area contributed by atoms with Crippen molar-refractivity contribution in [3.63, 3.8) is 0 Å². The van der Waals surface area contributed by atoms with Crippen LogP contribution in [0.1, 0.15) is 32.4 Å². The van der Waals surface area contributed by atoms with E-state index in [1.165, 1.54) is 6.07 Å². The molecule has 0 fully saturated rings. The van der Waals surface area contributed by atoms with Crippen LogP contribution in [-0.4, -0.2) is 12.6 Å². The first kappa shape index (κ1) is 13.7. The largest absolute Gasteiger partial charge is 0.363 e. The highest BCUT2D eigenvalue weighted by Gasteiger charge is 2.14. The zero-order valence-electron chi connectivity index (χ0n) is 10.8. The molecule has 0 aliphatic rings. The lowest BCUT2D eigenvalue weighted by atomic mass is 10.1. The highest BCUT2D eigenvalue weighted by atomic mass is 19.1. The van der Waals surface area contributed by atoms with Gasteiger partial charge in [0.05, 0.1) is 5.69 Å². The van der Waals surface area contributed by atoms with E-state index in [4.69, 9.17) is 5.73 Å². The summed E-state index contributed by atoms with van der Waals surface area (Å²) in [5.41, 5.74) is 7.15. The van der Waals surface area contributed by atoms with Crippen molar-refractivity contribution < 1.29 is 4.39 Å². The maximum Gasteiger partial charge on any atom is 0.146 e. The van der Waals surface area contributed by atoms with Crippen LogP contribution in [0.5, 0.6) is 0 Å². The van der Waals surface area contributed by atoms with Crippen LogP contribution in [0.2, 0.25) is 0 Å². The van der Waals surface area contributed by atoms with Crippen LogP contribution in [0.25, 0.3) is 0 Å². The van der Waals surface area contributed by atoms with Crippen molar-refractivity contribution in [2.24, 2.45) is 5.73 Å². The standard InChI is InChI=1S/C14H21FN2/c1-5-8-17(10(2)3)14-7-6-12(11(4)16)9-13(14)15/h5-7,9-11H,1,8,16H2,2-4H3/t11-/m1/s1. The average molecular weight is 236 g/mol. The van der Waals surface area contributed by atoms with Gasteiger partial charge in [-0.3, -0.25) is 0 Å². The molecule has 17 heavy (non-hydrogen) atoms. The molecule has 0 radical (unpaired) electrons. The van der Waals surface area contributed by atoms with Crippen LogP contribution in [0.15, 0.2) is 30.9 Å². The number of hydrogen-bond donors (Lipinski definition) is 1. The number of rotatable bonds is 5. The van der Waals surface area contributed by atoms with E-state index in [0.29, 0.717) is 12.2 Å². The average Bonchev–Trinajstić information content (AvgIpc) is 2.26. The van der Waals surface area contributed by atoms with Gasteiger partial charge in [0, 0.05) is 18.6 Å². The van der Waals surface area contributed by atoms with Crippen LogP contribution in [0.4, 0.5) is 10.1 Å². The van der Waals surface area contributed by atoms with E-state index in [0.717, 1.165) is 5.56 Å². The van der Waals surface area contributed by atoms with Gasteiger partial charge in [0.2, 0.25) is 0 Å². The van der Waals surface area contributed by atoms with Crippen molar-refractivity contribution in [2.45, 2.75) is 32.9 Å². The number of anilines is 1. The van der Waals surface area contributed by atoms with Crippen LogP contribution in [0.3, 0.4) is 0 Å². The molecule has 0 aliphatic heterocycles. The Morgan fingerprint density at radius 2 is 2.06 bits per heavy atom. The smallest absolute Gasteiger partial charge is 0.146 e. The molecule has 0 bridgehead atoms. The zero-order chi connectivity index (χ0) is 13.0. The van der Waals surface area contributed by atoms with Gasteiger partial charge in [0.1, 0.15) is 5.82 Å². The lowest BCUT2D eigenvalue weighted by Crippen LogP contribution is -2.31. The maximum absolute atomic E-state index is 14.0. The second-order valence-electron chi connectivity index (χ2n) is 4.53. The number of halogens is 1. The third-order valence-electron chi connectivity index (χ3n) is 2.76. The summed E-state index contributed by atoms with van der Waals surface area (Å²) in [7, 11) is 0. The van der Waals surface area contributed by atoms with Crippen LogP contribution >= 0.6 is 0 Å².